The van der Waals surface area contributed by atoms with Gasteiger partial charge >= 0.3 is 0 Å². The van der Waals surface area contributed by atoms with E-state index in [4.69, 9.17) is 9.40 Å². The first kappa shape index (κ1) is 26.0. The van der Waals surface area contributed by atoms with Gasteiger partial charge in [0, 0.05) is 10.9 Å². The van der Waals surface area contributed by atoms with Gasteiger partial charge in [-0.25, -0.2) is 4.98 Å². The molecule has 0 fully saturated rings. The van der Waals surface area contributed by atoms with E-state index in [1.807, 2.05) is 30.3 Å². The zero-order chi connectivity index (χ0) is 30.9. The molecule has 0 saturated heterocycles. The molecule has 1 aromatic heterocycles. The lowest BCUT2D eigenvalue weighted by Crippen LogP contribution is -1.88. The normalized spacial score (nSPS) is 11.8. The zero-order valence-corrected chi connectivity index (χ0v) is 25.4. The monoisotopic (exact) mass is 597 g/mol. The first-order chi connectivity index (χ1) is 23.3. The number of hydrogen-bond donors (Lipinski definition) is 0. The molecule has 0 bridgehead atoms. The molecule has 2 nitrogen and oxygen atoms in total. The molecule has 0 unspecified atom stereocenters. The Labute approximate surface area is 271 Å². The van der Waals surface area contributed by atoms with Gasteiger partial charge < -0.3 is 4.42 Å². The van der Waals surface area contributed by atoms with Crippen LogP contribution in [0, 0.1) is 0 Å². The fraction of sp³-hybridized carbons (Fsp3) is 0. The highest BCUT2D eigenvalue weighted by Gasteiger charge is 2.15. The largest absolute Gasteiger partial charge is 0.435 e. The van der Waals surface area contributed by atoms with Crippen LogP contribution in [0.25, 0.3) is 98.7 Å². The van der Waals surface area contributed by atoms with Gasteiger partial charge in [-0.2, -0.15) is 0 Å². The molecule has 10 aromatic rings. The zero-order valence-electron chi connectivity index (χ0n) is 25.4. The molecule has 47 heavy (non-hydrogen) atoms. The average Bonchev–Trinajstić information content (AvgIpc) is 3.59. The van der Waals surface area contributed by atoms with Crippen molar-refractivity contribution in [3.05, 3.63) is 164 Å². The predicted octanol–water partition coefficient (Wildman–Crippen LogP) is 12.6. The van der Waals surface area contributed by atoms with Crippen molar-refractivity contribution in [2.45, 2.75) is 0 Å². The van der Waals surface area contributed by atoms with Crippen LogP contribution in [0.5, 0.6) is 0 Å². The van der Waals surface area contributed by atoms with Crippen molar-refractivity contribution in [1.82, 2.24) is 4.98 Å². The molecular weight excluding hydrogens is 571 g/mol. The summed E-state index contributed by atoms with van der Waals surface area (Å²) in [7, 11) is 0. The minimum absolute atomic E-state index is 0.646. The predicted molar refractivity (Wildman–Crippen MR) is 198 cm³/mol. The maximum absolute atomic E-state index is 6.44. The Balaban J connectivity index is 1.14. The highest BCUT2D eigenvalue weighted by atomic mass is 16.3. The molecule has 10 rings (SSSR count). The Kier molecular flexibility index (Phi) is 5.61. The van der Waals surface area contributed by atoms with Crippen LogP contribution in [0.4, 0.5) is 0 Å². The molecule has 9 aromatic carbocycles. The van der Waals surface area contributed by atoms with Crippen LogP contribution in [-0.2, 0) is 0 Å². The fourth-order valence-corrected chi connectivity index (χ4v) is 7.39. The maximum Gasteiger partial charge on any atom is 0.227 e. The van der Waals surface area contributed by atoms with Crippen molar-refractivity contribution in [1.29, 1.82) is 0 Å². The Morgan fingerprint density at radius 1 is 0.362 bits per heavy atom. The summed E-state index contributed by atoms with van der Waals surface area (Å²) in [5.41, 5.74) is 7.52. The van der Waals surface area contributed by atoms with Crippen LogP contribution in [0.3, 0.4) is 0 Å². The summed E-state index contributed by atoms with van der Waals surface area (Å²) >= 11 is 0. The third-order valence-corrected chi connectivity index (χ3v) is 9.63. The van der Waals surface area contributed by atoms with E-state index in [1.54, 1.807) is 0 Å². The third kappa shape index (κ3) is 4.09. The van der Waals surface area contributed by atoms with Crippen molar-refractivity contribution in [2.75, 3.05) is 0 Å². The number of nitrogens with zero attached hydrogens (tertiary/aromatic N) is 1. The van der Waals surface area contributed by atoms with Crippen LogP contribution in [0.15, 0.2) is 168 Å². The number of oxazole rings is 1. The van der Waals surface area contributed by atoms with Gasteiger partial charge in [0.05, 0.1) is 0 Å². The van der Waals surface area contributed by atoms with Crippen molar-refractivity contribution in [3.8, 4) is 33.7 Å². The Morgan fingerprint density at radius 3 is 1.87 bits per heavy atom. The number of aromatic nitrogens is 1. The van der Waals surface area contributed by atoms with Crippen molar-refractivity contribution >= 4 is 65.0 Å². The van der Waals surface area contributed by atoms with Crippen molar-refractivity contribution in [3.63, 3.8) is 0 Å². The summed E-state index contributed by atoms with van der Waals surface area (Å²) < 4.78 is 6.44. The SMILES string of the molecule is c1ccc(-c2nc3ccc4ccc5cc(-c6cccc(-c7cc8ccccc8c8c7ccc7ccccc78)c6)ccc5c4c3o2)cc1. The third-order valence-electron chi connectivity index (χ3n) is 9.63. The Hall–Kier alpha value is -6.25. The number of fused-ring (bicyclic) bond motifs is 10. The number of rotatable bonds is 3. The Bertz CT molecular complexity index is 2830. The highest BCUT2D eigenvalue weighted by molar-refractivity contribution is 6.24. The smallest absolute Gasteiger partial charge is 0.227 e. The van der Waals surface area contributed by atoms with Gasteiger partial charge in [-0.05, 0) is 107 Å². The summed E-state index contributed by atoms with van der Waals surface area (Å²) in [6, 6.07) is 58.8. The maximum atomic E-state index is 6.44. The lowest BCUT2D eigenvalue weighted by Gasteiger charge is -2.14. The summed E-state index contributed by atoms with van der Waals surface area (Å²) in [5.74, 6) is 0.646. The van der Waals surface area contributed by atoms with Crippen molar-refractivity contribution < 1.29 is 4.42 Å². The lowest BCUT2D eigenvalue weighted by atomic mass is 9.89. The lowest BCUT2D eigenvalue weighted by molar-refractivity contribution is 0.623. The van der Waals surface area contributed by atoms with Gasteiger partial charge in [0.25, 0.3) is 0 Å². The van der Waals surface area contributed by atoms with Gasteiger partial charge in [-0.3, -0.25) is 0 Å². The van der Waals surface area contributed by atoms with Crippen LogP contribution in [0.2, 0.25) is 0 Å². The van der Waals surface area contributed by atoms with E-state index < -0.39 is 0 Å². The molecule has 0 N–H and O–H groups in total. The average molecular weight is 598 g/mol. The van der Waals surface area contributed by atoms with Gasteiger partial charge in [0.1, 0.15) is 5.52 Å². The second kappa shape index (κ2) is 10.1. The topological polar surface area (TPSA) is 26.0 Å². The second-order valence-corrected chi connectivity index (χ2v) is 12.3. The quantitative estimate of drug-likeness (QED) is 0.189. The molecule has 1 heterocycles. The molecule has 0 aliphatic rings. The summed E-state index contributed by atoms with van der Waals surface area (Å²) in [6.07, 6.45) is 0. The van der Waals surface area contributed by atoms with Gasteiger partial charge in [-0.1, -0.05) is 127 Å². The summed E-state index contributed by atoms with van der Waals surface area (Å²) in [5, 5.41) is 12.3. The van der Waals surface area contributed by atoms with Crippen molar-refractivity contribution in [2.24, 2.45) is 0 Å². The summed E-state index contributed by atoms with van der Waals surface area (Å²) in [6.45, 7) is 0. The number of hydrogen-bond acceptors (Lipinski definition) is 2. The second-order valence-electron chi connectivity index (χ2n) is 12.3. The minimum atomic E-state index is 0.646. The molecule has 0 atom stereocenters. The standard InChI is InChI=1S/C45H27NO/c1-2-10-30(11-3-1)45-46-41-24-21-29-17-18-35-26-32(20-22-38(35)42(29)44(41)47-45)31-13-8-14-33(25-31)40-27-34-12-5-7-16-37(34)43-36-15-6-4-9-28(36)19-23-39(40)43/h1-27H. The van der Waals surface area contributed by atoms with Gasteiger partial charge in [0.2, 0.25) is 5.89 Å². The highest BCUT2D eigenvalue weighted by Crippen LogP contribution is 2.41. The Morgan fingerprint density at radius 2 is 0.979 bits per heavy atom. The molecule has 0 aliphatic heterocycles. The summed E-state index contributed by atoms with van der Waals surface area (Å²) in [4.78, 5) is 4.83. The molecule has 218 valence electrons. The molecular formula is C45H27NO. The molecule has 0 saturated carbocycles. The minimum Gasteiger partial charge on any atom is -0.435 e. The fourth-order valence-electron chi connectivity index (χ4n) is 7.39. The van der Waals surface area contributed by atoms with E-state index in [0.29, 0.717) is 5.89 Å². The van der Waals surface area contributed by atoms with Gasteiger partial charge in [0.15, 0.2) is 5.58 Å². The van der Waals surface area contributed by atoms with E-state index in [2.05, 4.69) is 133 Å². The van der Waals surface area contributed by atoms with Crippen LogP contribution >= 0.6 is 0 Å². The molecule has 0 radical (unpaired) electrons. The van der Waals surface area contributed by atoms with E-state index in [9.17, 15) is 0 Å². The van der Waals surface area contributed by atoms with Crippen LogP contribution in [0.1, 0.15) is 0 Å². The first-order valence-corrected chi connectivity index (χ1v) is 16.0. The van der Waals surface area contributed by atoms with E-state index >= 15 is 0 Å². The van der Waals surface area contributed by atoms with E-state index in [1.165, 1.54) is 60.0 Å². The number of benzene rings is 9. The van der Waals surface area contributed by atoms with Gasteiger partial charge in [-0.15, -0.1) is 0 Å². The van der Waals surface area contributed by atoms with Crippen LogP contribution < -0.4 is 0 Å². The first-order valence-electron chi connectivity index (χ1n) is 16.0. The molecule has 0 spiro atoms. The molecule has 2 heteroatoms. The molecule has 0 aliphatic carbocycles. The van der Waals surface area contributed by atoms with E-state index in [0.717, 1.165) is 32.8 Å². The molecule has 0 amide bonds. The van der Waals surface area contributed by atoms with Crippen LogP contribution in [-0.4, -0.2) is 4.98 Å². The van der Waals surface area contributed by atoms with E-state index in [-0.39, 0.29) is 0 Å².